The standard InChI is InChI=1S/C20H23ClN4O/c1-13-9-15(21)11-18(26)19(13)17-10-14-6-8-25(20(14)23-22-17)12-16-5-3-4-7-24(16)2/h6,8-11,16,26H,3-5,7,12H2,1-2H3/t16-/m1/s1. The Balaban J connectivity index is 1.68. The second-order valence-electron chi connectivity index (χ2n) is 7.22. The maximum atomic E-state index is 10.3. The molecule has 1 N–H and O–H groups in total. The third kappa shape index (κ3) is 3.17. The van der Waals surface area contributed by atoms with Crippen LogP contribution in [0.15, 0.2) is 30.5 Å². The molecule has 0 amide bonds. The average molecular weight is 371 g/mol. The third-order valence-electron chi connectivity index (χ3n) is 5.37. The molecule has 1 saturated heterocycles. The molecule has 5 nitrogen and oxygen atoms in total. The molecule has 0 radical (unpaired) electrons. The van der Waals surface area contributed by atoms with Crippen LogP contribution < -0.4 is 0 Å². The second kappa shape index (κ2) is 6.89. The molecule has 0 unspecified atom stereocenters. The molecule has 2 aromatic heterocycles. The summed E-state index contributed by atoms with van der Waals surface area (Å²) in [7, 11) is 2.20. The first kappa shape index (κ1) is 17.3. The van der Waals surface area contributed by atoms with Gasteiger partial charge in [0.05, 0.1) is 5.69 Å². The fraction of sp³-hybridized carbons (Fsp3) is 0.400. The molecule has 6 heteroatoms. The Bertz CT molecular complexity index is 929. The van der Waals surface area contributed by atoms with Crippen LogP contribution in [-0.4, -0.2) is 44.4 Å². The lowest BCUT2D eigenvalue weighted by molar-refractivity contribution is 0.168. The summed E-state index contributed by atoms with van der Waals surface area (Å²) in [5.41, 5.74) is 3.12. The summed E-state index contributed by atoms with van der Waals surface area (Å²) in [6.07, 6.45) is 5.88. The van der Waals surface area contributed by atoms with Crippen molar-refractivity contribution in [2.75, 3.05) is 13.6 Å². The molecular formula is C20H23ClN4O. The Kier molecular flexibility index (Phi) is 4.59. The van der Waals surface area contributed by atoms with E-state index in [0.717, 1.165) is 29.7 Å². The van der Waals surface area contributed by atoms with Gasteiger partial charge in [-0.3, -0.25) is 0 Å². The number of phenolic OH excluding ortho intramolecular Hbond substituents is 1. The van der Waals surface area contributed by atoms with Gasteiger partial charge in [0.2, 0.25) is 0 Å². The zero-order valence-corrected chi connectivity index (χ0v) is 15.9. The fourth-order valence-corrected chi connectivity index (χ4v) is 4.18. The van der Waals surface area contributed by atoms with Gasteiger partial charge in [-0.2, -0.15) is 0 Å². The number of phenols is 1. The minimum absolute atomic E-state index is 0.131. The van der Waals surface area contributed by atoms with Crippen LogP contribution in [0.5, 0.6) is 5.75 Å². The van der Waals surface area contributed by atoms with Crippen molar-refractivity contribution in [2.45, 2.75) is 38.8 Å². The van der Waals surface area contributed by atoms with E-state index in [1.807, 2.05) is 19.1 Å². The van der Waals surface area contributed by atoms with Crippen LogP contribution in [0.4, 0.5) is 0 Å². The van der Waals surface area contributed by atoms with E-state index in [1.165, 1.54) is 19.3 Å². The highest BCUT2D eigenvalue weighted by Gasteiger charge is 2.20. The first-order valence-corrected chi connectivity index (χ1v) is 9.43. The normalized spacial score (nSPS) is 18.5. The minimum Gasteiger partial charge on any atom is -0.507 e. The Labute approximate surface area is 158 Å². The van der Waals surface area contributed by atoms with Gasteiger partial charge in [-0.25, -0.2) is 0 Å². The van der Waals surface area contributed by atoms with Gasteiger partial charge in [-0.1, -0.05) is 18.0 Å². The number of aryl methyl sites for hydroxylation is 1. The van der Waals surface area contributed by atoms with Crippen molar-refractivity contribution >= 4 is 22.6 Å². The van der Waals surface area contributed by atoms with Crippen LogP contribution in [0.2, 0.25) is 5.02 Å². The second-order valence-corrected chi connectivity index (χ2v) is 7.66. The number of hydrogen-bond donors (Lipinski definition) is 1. The van der Waals surface area contributed by atoms with E-state index in [2.05, 4.69) is 39.0 Å². The number of fused-ring (bicyclic) bond motifs is 1. The Morgan fingerprint density at radius 1 is 1.23 bits per heavy atom. The van der Waals surface area contributed by atoms with Crippen LogP contribution in [0.25, 0.3) is 22.3 Å². The summed E-state index contributed by atoms with van der Waals surface area (Å²) in [5.74, 6) is 0.131. The highest BCUT2D eigenvalue weighted by molar-refractivity contribution is 6.31. The van der Waals surface area contributed by atoms with Crippen molar-refractivity contribution in [3.63, 3.8) is 0 Å². The van der Waals surface area contributed by atoms with E-state index in [4.69, 9.17) is 11.6 Å². The van der Waals surface area contributed by atoms with E-state index in [1.54, 1.807) is 6.07 Å². The lowest BCUT2D eigenvalue weighted by atomic mass is 10.0. The number of piperidine rings is 1. The molecule has 4 rings (SSSR count). The number of aromatic hydroxyl groups is 1. The van der Waals surface area contributed by atoms with Crippen molar-refractivity contribution in [1.29, 1.82) is 0 Å². The number of aromatic nitrogens is 3. The molecule has 1 aliphatic rings. The molecule has 26 heavy (non-hydrogen) atoms. The Hall–Kier alpha value is -2.11. The van der Waals surface area contributed by atoms with Crippen molar-refractivity contribution in [1.82, 2.24) is 19.7 Å². The molecule has 0 saturated carbocycles. The van der Waals surface area contributed by atoms with Crippen LogP contribution in [0.1, 0.15) is 24.8 Å². The highest BCUT2D eigenvalue weighted by atomic mass is 35.5. The molecular weight excluding hydrogens is 348 g/mol. The number of likely N-dealkylation sites (N-methyl/N-ethyl adjacent to an activating group) is 1. The van der Waals surface area contributed by atoms with E-state index >= 15 is 0 Å². The van der Waals surface area contributed by atoms with Gasteiger partial charge < -0.3 is 14.6 Å². The fourth-order valence-electron chi connectivity index (χ4n) is 3.92. The van der Waals surface area contributed by atoms with E-state index in [0.29, 0.717) is 22.3 Å². The first-order chi connectivity index (χ1) is 12.5. The smallest absolute Gasteiger partial charge is 0.162 e. The van der Waals surface area contributed by atoms with Gasteiger partial charge in [0.15, 0.2) is 5.65 Å². The zero-order valence-electron chi connectivity index (χ0n) is 15.1. The van der Waals surface area contributed by atoms with Crippen molar-refractivity contribution < 1.29 is 5.11 Å². The Morgan fingerprint density at radius 3 is 2.85 bits per heavy atom. The van der Waals surface area contributed by atoms with Crippen molar-refractivity contribution in [3.05, 3.63) is 41.0 Å². The predicted octanol–water partition coefficient (Wildman–Crippen LogP) is 4.25. The number of nitrogens with zero attached hydrogens (tertiary/aromatic N) is 4. The van der Waals surface area contributed by atoms with Crippen molar-refractivity contribution in [2.24, 2.45) is 0 Å². The van der Waals surface area contributed by atoms with Crippen molar-refractivity contribution in [3.8, 4) is 17.0 Å². The molecule has 1 atom stereocenters. The number of benzene rings is 1. The lowest BCUT2D eigenvalue weighted by Crippen LogP contribution is -2.39. The summed E-state index contributed by atoms with van der Waals surface area (Å²) < 4.78 is 2.19. The highest BCUT2D eigenvalue weighted by Crippen LogP contribution is 2.34. The first-order valence-electron chi connectivity index (χ1n) is 9.05. The van der Waals surface area contributed by atoms with Crippen LogP contribution in [-0.2, 0) is 6.54 Å². The number of likely N-dealkylation sites (tertiary alicyclic amines) is 1. The van der Waals surface area contributed by atoms with E-state index < -0.39 is 0 Å². The summed E-state index contributed by atoms with van der Waals surface area (Å²) >= 11 is 6.01. The van der Waals surface area contributed by atoms with Gasteiger partial charge in [0, 0.05) is 34.8 Å². The molecule has 3 heterocycles. The quantitative estimate of drug-likeness (QED) is 0.748. The maximum absolute atomic E-state index is 10.3. The molecule has 0 aliphatic carbocycles. The van der Waals surface area contributed by atoms with Crippen LogP contribution in [0, 0.1) is 6.92 Å². The summed E-state index contributed by atoms with van der Waals surface area (Å²) in [5, 5.41) is 20.7. The average Bonchev–Trinajstić information content (AvgIpc) is 2.98. The van der Waals surface area contributed by atoms with E-state index in [9.17, 15) is 5.11 Å². The summed E-state index contributed by atoms with van der Waals surface area (Å²) in [6.45, 7) is 4.00. The minimum atomic E-state index is 0.131. The summed E-state index contributed by atoms with van der Waals surface area (Å²) in [4.78, 5) is 2.44. The molecule has 136 valence electrons. The predicted molar refractivity (Wildman–Crippen MR) is 105 cm³/mol. The Morgan fingerprint density at radius 2 is 2.08 bits per heavy atom. The molecule has 3 aromatic rings. The molecule has 1 fully saturated rings. The number of rotatable bonds is 3. The lowest BCUT2D eigenvalue weighted by Gasteiger charge is -2.32. The largest absolute Gasteiger partial charge is 0.507 e. The molecule has 1 aromatic carbocycles. The molecule has 0 bridgehead atoms. The van der Waals surface area contributed by atoms with Gasteiger partial charge in [-0.15, -0.1) is 10.2 Å². The SMILES string of the molecule is Cc1cc(Cl)cc(O)c1-c1cc2ccn(C[C@H]3CCCCN3C)c2nn1. The third-order valence-corrected chi connectivity index (χ3v) is 5.59. The molecule has 1 aliphatic heterocycles. The maximum Gasteiger partial charge on any atom is 0.162 e. The van der Waals surface area contributed by atoms with Gasteiger partial charge in [0.25, 0.3) is 0 Å². The van der Waals surface area contributed by atoms with Gasteiger partial charge in [-0.05, 0) is 63.2 Å². The topological polar surface area (TPSA) is 54.2 Å². The molecule has 0 spiro atoms. The van der Waals surface area contributed by atoms with Gasteiger partial charge >= 0.3 is 0 Å². The van der Waals surface area contributed by atoms with Crippen LogP contribution in [0.3, 0.4) is 0 Å². The number of halogens is 1. The summed E-state index contributed by atoms with van der Waals surface area (Å²) in [6, 6.07) is 7.97. The monoisotopic (exact) mass is 370 g/mol. The zero-order chi connectivity index (χ0) is 18.3. The number of hydrogen-bond acceptors (Lipinski definition) is 4. The van der Waals surface area contributed by atoms with Crippen LogP contribution >= 0.6 is 11.6 Å². The van der Waals surface area contributed by atoms with E-state index in [-0.39, 0.29) is 5.75 Å². The van der Waals surface area contributed by atoms with Gasteiger partial charge in [0.1, 0.15) is 5.75 Å².